The summed E-state index contributed by atoms with van der Waals surface area (Å²) in [5, 5.41) is 13.8. The van der Waals surface area contributed by atoms with Gasteiger partial charge in [0, 0.05) is 38.4 Å². The Morgan fingerprint density at radius 1 is 1.08 bits per heavy atom. The third kappa shape index (κ3) is 7.02. The molecule has 1 atom stereocenters. The molecule has 1 aromatic carbocycles. The summed E-state index contributed by atoms with van der Waals surface area (Å²) in [5.74, 6) is 0.881. The molecular weight excluding hydrogens is 443 g/mol. The number of halogens is 1. The van der Waals surface area contributed by atoms with Crippen LogP contribution in [-0.2, 0) is 4.74 Å². The van der Waals surface area contributed by atoms with Gasteiger partial charge in [-0.25, -0.2) is 0 Å². The van der Waals surface area contributed by atoms with E-state index in [1.165, 1.54) is 19.3 Å². The first-order valence-corrected chi connectivity index (χ1v) is 9.41. The second-order valence-corrected chi connectivity index (χ2v) is 6.77. The zero-order valence-corrected chi connectivity index (χ0v) is 17.7. The Hall–Kier alpha value is -0.900. The second kappa shape index (κ2) is 11.7. The molecule has 6 nitrogen and oxygen atoms in total. The molecule has 0 spiro atoms. The molecule has 2 aliphatic heterocycles. The van der Waals surface area contributed by atoms with Crippen molar-refractivity contribution in [3.05, 3.63) is 30.3 Å². The maximum Gasteiger partial charge on any atom is 0.198 e. The summed E-state index contributed by atoms with van der Waals surface area (Å²) >= 11 is 0. The minimum absolute atomic E-state index is 0. The molecule has 1 aromatic rings. The van der Waals surface area contributed by atoms with Crippen LogP contribution in [0.25, 0.3) is 0 Å². The van der Waals surface area contributed by atoms with E-state index in [2.05, 4.69) is 15.1 Å². The first kappa shape index (κ1) is 21.4. The minimum atomic E-state index is -0.449. The number of piperidine rings is 1. The van der Waals surface area contributed by atoms with Gasteiger partial charge in [-0.15, -0.1) is 24.0 Å². The summed E-state index contributed by atoms with van der Waals surface area (Å²) < 4.78 is 5.36. The summed E-state index contributed by atoms with van der Waals surface area (Å²) in [5.41, 5.74) is 1.04. The van der Waals surface area contributed by atoms with Crippen molar-refractivity contribution in [3.8, 4) is 0 Å². The summed E-state index contributed by atoms with van der Waals surface area (Å²) in [6, 6.07) is 10.1. The molecule has 3 rings (SSSR count). The number of hydrogen-bond acceptors (Lipinski definition) is 4. The molecule has 146 valence electrons. The van der Waals surface area contributed by atoms with Crippen molar-refractivity contribution in [1.82, 2.24) is 9.80 Å². The number of aliphatic hydroxyl groups is 1. The molecule has 2 heterocycles. The Morgan fingerprint density at radius 3 is 2.46 bits per heavy atom. The number of β-amino-alcohol motifs (C(OH)–C–C–N with tert-alkyl or cyclic N) is 1. The van der Waals surface area contributed by atoms with E-state index in [1.807, 2.05) is 30.3 Å². The van der Waals surface area contributed by atoms with Crippen LogP contribution in [0.15, 0.2) is 35.3 Å². The lowest BCUT2D eigenvalue weighted by Gasteiger charge is -2.31. The molecule has 0 bridgehead atoms. The standard InChI is InChI=1S/C19H30N4O2.HI/c24-18(16-22-11-13-25-14-12-22)15-20-19(23-9-5-2-6-10-23)21-17-7-3-1-4-8-17;/h1,3-4,7-8,18,24H,2,5-6,9-16H2,(H,20,21);1H. The molecule has 2 N–H and O–H groups in total. The van der Waals surface area contributed by atoms with Gasteiger partial charge in [-0.1, -0.05) is 18.2 Å². The molecule has 0 aliphatic carbocycles. The number of likely N-dealkylation sites (tertiary alicyclic amines) is 1. The average Bonchev–Trinajstić information content (AvgIpc) is 2.67. The van der Waals surface area contributed by atoms with Crippen molar-refractivity contribution in [2.45, 2.75) is 25.4 Å². The van der Waals surface area contributed by atoms with Gasteiger partial charge in [-0.3, -0.25) is 9.89 Å². The fourth-order valence-electron chi connectivity index (χ4n) is 3.31. The average molecular weight is 474 g/mol. The van der Waals surface area contributed by atoms with E-state index in [0.717, 1.165) is 51.0 Å². The van der Waals surface area contributed by atoms with Gasteiger partial charge in [0.1, 0.15) is 0 Å². The Kier molecular flexibility index (Phi) is 9.66. The Morgan fingerprint density at radius 2 is 1.77 bits per heavy atom. The number of nitrogens with one attached hydrogen (secondary N) is 1. The number of nitrogens with zero attached hydrogens (tertiary/aromatic N) is 3. The van der Waals surface area contributed by atoms with Crippen LogP contribution in [0.4, 0.5) is 5.69 Å². The molecule has 1 unspecified atom stereocenters. The van der Waals surface area contributed by atoms with Gasteiger partial charge in [0.05, 0.1) is 25.9 Å². The molecule has 0 saturated carbocycles. The van der Waals surface area contributed by atoms with Gasteiger partial charge in [0.15, 0.2) is 5.96 Å². The fourth-order valence-corrected chi connectivity index (χ4v) is 3.31. The predicted molar refractivity (Wildman–Crippen MR) is 116 cm³/mol. The lowest BCUT2D eigenvalue weighted by atomic mass is 10.1. The highest BCUT2D eigenvalue weighted by molar-refractivity contribution is 14.0. The fraction of sp³-hybridized carbons (Fsp3) is 0.632. The number of aliphatic hydroxyl groups excluding tert-OH is 1. The number of rotatable bonds is 5. The van der Waals surface area contributed by atoms with Crippen molar-refractivity contribution in [2.75, 3.05) is 57.8 Å². The van der Waals surface area contributed by atoms with Gasteiger partial charge < -0.3 is 20.1 Å². The number of hydrogen-bond donors (Lipinski definition) is 2. The van der Waals surface area contributed by atoms with Crippen LogP contribution in [0, 0.1) is 0 Å². The second-order valence-electron chi connectivity index (χ2n) is 6.77. The third-order valence-electron chi connectivity index (χ3n) is 4.71. The smallest absolute Gasteiger partial charge is 0.198 e. The summed E-state index contributed by atoms with van der Waals surface area (Å²) in [4.78, 5) is 9.28. The monoisotopic (exact) mass is 474 g/mol. The number of para-hydroxylation sites is 1. The molecule has 2 saturated heterocycles. The summed E-state index contributed by atoms with van der Waals surface area (Å²) in [7, 11) is 0. The summed E-state index contributed by atoms with van der Waals surface area (Å²) in [6.07, 6.45) is 3.24. The highest BCUT2D eigenvalue weighted by Gasteiger charge is 2.17. The third-order valence-corrected chi connectivity index (χ3v) is 4.71. The number of guanidine groups is 1. The lowest BCUT2D eigenvalue weighted by molar-refractivity contribution is 0.0164. The summed E-state index contributed by atoms with van der Waals surface area (Å²) in [6.45, 7) is 6.42. The predicted octanol–water partition coefficient (Wildman–Crippen LogP) is 2.25. The Balaban J connectivity index is 0.00000243. The van der Waals surface area contributed by atoms with Crippen LogP contribution < -0.4 is 5.32 Å². The number of benzene rings is 1. The van der Waals surface area contributed by atoms with E-state index in [0.29, 0.717) is 13.1 Å². The van der Waals surface area contributed by atoms with Crippen LogP contribution in [0.5, 0.6) is 0 Å². The van der Waals surface area contributed by atoms with Gasteiger partial charge in [-0.2, -0.15) is 0 Å². The maximum absolute atomic E-state index is 10.4. The topological polar surface area (TPSA) is 60.3 Å². The van der Waals surface area contributed by atoms with Crippen molar-refractivity contribution in [1.29, 1.82) is 0 Å². The number of anilines is 1. The molecule has 2 fully saturated rings. The first-order chi connectivity index (χ1) is 12.3. The first-order valence-electron chi connectivity index (χ1n) is 9.41. The van der Waals surface area contributed by atoms with E-state index in [1.54, 1.807) is 0 Å². The van der Waals surface area contributed by atoms with E-state index in [4.69, 9.17) is 9.73 Å². The largest absolute Gasteiger partial charge is 0.390 e. The minimum Gasteiger partial charge on any atom is -0.390 e. The SMILES string of the molecule is I.OC(CN=C(Nc1ccccc1)N1CCCCC1)CN1CCOCC1. The molecule has 0 radical (unpaired) electrons. The number of morpholine rings is 1. The van der Waals surface area contributed by atoms with Crippen LogP contribution in [-0.4, -0.2) is 79.5 Å². The Bertz CT molecular complexity index is 532. The molecule has 2 aliphatic rings. The van der Waals surface area contributed by atoms with Crippen LogP contribution in [0.2, 0.25) is 0 Å². The molecule has 26 heavy (non-hydrogen) atoms. The zero-order valence-electron chi connectivity index (χ0n) is 15.3. The van der Waals surface area contributed by atoms with Crippen molar-refractivity contribution >= 4 is 35.6 Å². The van der Waals surface area contributed by atoms with E-state index in [9.17, 15) is 5.11 Å². The van der Waals surface area contributed by atoms with Gasteiger partial charge in [-0.05, 0) is 31.4 Å². The molecule has 7 heteroatoms. The van der Waals surface area contributed by atoms with E-state index >= 15 is 0 Å². The van der Waals surface area contributed by atoms with Gasteiger partial charge in [0.2, 0.25) is 0 Å². The van der Waals surface area contributed by atoms with Gasteiger partial charge in [0.25, 0.3) is 0 Å². The van der Waals surface area contributed by atoms with E-state index in [-0.39, 0.29) is 24.0 Å². The van der Waals surface area contributed by atoms with Crippen LogP contribution in [0.3, 0.4) is 0 Å². The maximum atomic E-state index is 10.4. The number of aliphatic imine (C=N–C) groups is 1. The Labute approximate surface area is 173 Å². The van der Waals surface area contributed by atoms with Crippen LogP contribution in [0.1, 0.15) is 19.3 Å². The van der Waals surface area contributed by atoms with Crippen LogP contribution >= 0.6 is 24.0 Å². The zero-order chi connectivity index (χ0) is 17.3. The van der Waals surface area contributed by atoms with Crippen molar-refractivity contribution in [2.24, 2.45) is 4.99 Å². The van der Waals surface area contributed by atoms with Crippen molar-refractivity contribution in [3.63, 3.8) is 0 Å². The molecule has 0 amide bonds. The highest BCUT2D eigenvalue weighted by atomic mass is 127. The quantitative estimate of drug-likeness (QED) is 0.390. The highest BCUT2D eigenvalue weighted by Crippen LogP contribution is 2.13. The molecule has 0 aromatic heterocycles. The number of ether oxygens (including phenoxy) is 1. The molecular formula is C19H31IN4O2. The normalized spacial score (nSPS) is 20.3. The van der Waals surface area contributed by atoms with Gasteiger partial charge >= 0.3 is 0 Å². The van der Waals surface area contributed by atoms with E-state index < -0.39 is 6.10 Å². The van der Waals surface area contributed by atoms with Crippen molar-refractivity contribution < 1.29 is 9.84 Å². The lowest BCUT2D eigenvalue weighted by Crippen LogP contribution is -2.43.